The molecule has 0 N–H and O–H groups in total. The number of thiophene rings is 1. The van der Waals surface area contributed by atoms with E-state index in [2.05, 4.69) is 24.0 Å². The minimum atomic E-state index is -0.204. The van der Waals surface area contributed by atoms with E-state index in [0.29, 0.717) is 6.54 Å². The maximum absolute atomic E-state index is 13.9. The minimum Gasteiger partial charge on any atom is -0.375 e. The number of hydrogen-bond donors (Lipinski definition) is 0. The molecule has 3 rings (SSSR count). The van der Waals surface area contributed by atoms with Gasteiger partial charge in [-0.15, -0.1) is 11.3 Å². The number of methoxy groups -OCH3 is 1. The van der Waals surface area contributed by atoms with E-state index < -0.39 is 0 Å². The molecule has 0 saturated carbocycles. The Hall–Kier alpha value is -1.76. The summed E-state index contributed by atoms with van der Waals surface area (Å²) in [5, 5.41) is 0. The van der Waals surface area contributed by atoms with Crippen molar-refractivity contribution < 1.29 is 13.9 Å². The van der Waals surface area contributed by atoms with Crippen LogP contribution in [0.2, 0.25) is 0 Å². The van der Waals surface area contributed by atoms with Gasteiger partial charge in [-0.3, -0.25) is 9.69 Å². The number of carbonyl (C=O) groups is 1. The van der Waals surface area contributed by atoms with Gasteiger partial charge in [-0.25, -0.2) is 4.39 Å². The van der Waals surface area contributed by atoms with Gasteiger partial charge in [-0.05, 0) is 56.5 Å². The predicted molar refractivity (Wildman–Crippen MR) is 116 cm³/mol. The average Bonchev–Trinajstić information content (AvgIpc) is 3.25. The normalized spacial score (nSPS) is 19.8. The lowest BCUT2D eigenvalue weighted by Gasteiger charge is -2.31. The Morgan fingerprint density at radius 2 is 2.10 bits per heavy atom. The molecule has 6 heteroatoms. The summed E-state index contributed by atoms with van der Waals surface area (Å²) >= 11 is 1.82. The SMILES string of the molecule is COCC(=O)N(CC1CN(Cc2ccc(C)s2)CC1c1cccc(F)c1)C(C)C. The number of halogens is 1. The van der Waals surface area contributed by atoms with Gasteiger partial charge in [-0.1, -0.05) is 12.1 Å². The highest BCUT2D eigenvalue weighted by molar-refractivity contribution is 7.11. The molecule has 1 aromatic heterocycles. The zero-order valence-electron chi connectivity index (χ0n) is 17.7. The summed E-state index contributed by atoms with van der Waals surface area (Å²) in [5.74, 6) is 0.252. The largest absolute Gasteiger partial charge is 0.375 e. The van der Waals surface area contributed by atoms with E-state index in [1.165, 1.54) is 15.8 Å². The highest BCUT2D eigenvalue weighted by Crippen LogP contribution is 2.35. The summed E-state index contributed by atoms with van der Waals surface area (Å²) < 4.78 is 19.0. The van der Waals surface area contributed by atoms with Gasteiger partial charge in [0.25, 0.3) is 0 Å². The summed E-state index contributed by atoms with van der Waals surface area (Å²) in [6.45, 7) is 9.59. The Morgan fingerprint density at radius 3 is 2.72 bits per heavy atom. The van der Waals surface area contributed by atoms with Crippen LogP contribution >= 0.6 is 11.3 Å². The monoisotopic (exact) mass is 418 g/mol. The number of rotatable bonds is 8. The van der Waals surface area contributed by atoms with Crippen molar-refractivity contribution in [3.63, 3.8) is 0 Å². The molecule has 4 nitrogen and oxygen atoms in total. The van der Waals surface area contributed by atoms with Gasteiger partial charge in [0, 0.05) is 55.0 Å². The molecule has 0 aliphatic carbocycles. The molecular weight excluding hydrogens is 387 g/mol. The van der Waals surface area contributed by atoms with Crippen LogP contribution in [0.5, 0.6) is 0 Å². The van der Waals surface area contributed by atoms with E-state index in [0.717, 1.165) is 25.2 Å². The van der Waals surface area contributed by atoms with Crippen molar-refractivity contribution in [2.75, 3.05) is 33.4 Å². The molecule has 0 radical (unpaired) electrons. The molecule has 1 aliphatic heterocycles. The Balaban J connectivity index is 1.80. The maximum Gasteiger partial charge on any atom is 0.248 e. The zero-order valence-corrected chi connectivity index (χ0v) is 18.5. The first kappa shape index (κ1) is 21.9. The van der Waals surface area contributed by atoms with Crippen molar-refractivity contribution >= 4 is 17.2 Å². The molecule has 0 spiro atoms. The molecule has 2 atom stereocenters. The fraction of sp³-hybridized carbons (Fsp3) is 0.522. The van der Waals surface area contributed by atoms with Crippen LogP contribution in [0.25, 0.3) is 0 Å². The van der Waals surface area contributed by atoms with Crippen molar-refractivity contribution in [2.45, 2.75) is 39.3 Å². The number of ether oxygens (including phenoxy) is 1. The molecule has 1 aromatic carbocycles. The molecule has 1 fully saturated rings. The molecule has 2 heterocycles. The summed E-state index contributed by atoms with van der Waals surface area (Å²) in [4.78, 5) is 19.6. The second kappa shape index (κ2) is 9.83. The number of likely N-dealkylation sites (tertiary alicyclic amines) is 1. The average molecular weight is 419 g/mol. The molecule has 29 heavy (non-hydrogen) atoms. The number of nitrogens with zero attached hydrogens (tertiary/aromatic N) is 2. The standard InChI is InChI=1S/C23H31FN2O2S/c1-16(2)26(23(27)15-28-4)12-19-11-25(13-21-9-8-17(3)29-21)14-22(19)18-6-5-7-20(24)10-18/h5-10,16,19,22H,11-15H2,1-4H3. The topological polar surface area (TPSA) is 32.8 Å². The Kier molecular flexibility index (Phi) is 7.44. The van der Waals surface area contributed by atoms with Crippen LogP contribution in [0.1, 0.15) is 35.1 Å². The van der Waals surface area contributed by atoms with Crippen LogP contribution in [0.15, 0.2) is 36.4 Å². The van der Waals surface area contributed by atoms with Crippen LogP contribution in [-0.4, -0.2) is 55.1 Å². The summed E-state index contributed by atoms with van der Waals surface area (Å²) in [6, 6.07) is 11.4. The number of amides is 1. The van der Waals surface area contributed by atoms with E-state index in [4.69, 9.17) is 4.74 Å². The molecule has 1 saturated heterocycles. The number of carbonyl (C=O) groups excluding carboxylic acids is 1. The van der Waals surface area contributed by atoms with Crippen LogP contribution in [-0.2, 0) is 16.1 Å². The van der Waals surface area contributed by atoms with E-state index in [1.54, 1.807) is 19.2 Å². The Bertz CT molecular complexity index is 823. The predicted octanol–water partition coefficient (Wildman–Crippen LogP) is 4.29. The second-order valence-corrected chi connectivity index (χ2v) is 9.57. The second-order valence-electron chi connectivity index (χ2n) is 8.20. The number of aryl methyl sites for hydroxylation is 1. The molecule has 158 valence electrons. The molecule has 0 bridgehead atoms. The molecule has 2 unspecified atom stereocenters. The van der Waals surface area contributed by atoms with Crippen LogP contribution in [0.3, 0.4) is 0 Å². The van der Waals surface area contributed by atoms with Crippen LogP contribution < -0.4 is 0 Å². The smallest absolute Gasteiger partial charge is 0.248 e. The van der Waals surface area contributed by atoms with Crippen molar-refractivity contribution in [3.05, 3.63) is 57.5 Å². The zero-order chi connectivity index (χ0) is 21.0. The third kappa shape index (κ3) is 5.65. The van der Waals surface area contributed by atoms with Gasteiger partial charge < -0.3 is 9.64 Å². The fourth-order valence-corrected chi connectivity index (χ4v) is 5.17. The fourth-order valence-electron chi connectivity index (χ4n) is 4.24. The van der Waals surface area contributed by atoms with Crippen molar-refractivity contribution in [1.82, 2.24) is 9.80 Å². The summed E-state index contributed by atoms with van der Waals surface area (Å²) in [7, 11) is 1.55. The van der Waals surface area contributed by atoms with E-state index in [1.807, 2.05) is 36.2 Å². The molecule has 1 amide bonds. The van der Waals surface area contributed by atoms with Crippen LogP contribution in [0, 0.1) is 18.7 Å². The summed E-state index contributed by atoms with van der Waals surface area (Å²) in [5.41, 5.74) is 1.02. The van der Waals surface area contributed by atoms with Crippen molar-refractivity contribution in [2.24, 2.45) is 5.92 Å². The first-order valence-corrected chi connectivity index (χ1v) is 11.0. The van der Waals surface area contributed by atoms with Gasteiger partial charge in [0.2, 0.25) is 5.91 Å². The van der Waals surface area contributed by atoms with Gasteiger partial charge in [-0.2, -0.15) is 0 Å². The van der Waals surface area contributed by atoms with Gasteiger partial charge in [0.05, 0.1) is 0 Å². The Morgan fingerprint density at radius 1 is 1.31 bits per heavy atom. The maximum atomic E-state index is 13.9. The quantitative estimate of drug-likeness (QED) is 0.641. The molecule has 1 aliphatic rings. The summed E-state index contributed by atoms with van der Waals surface area (Å²) in [6.07, 6.45) is 0. The first-order valence-electron chi connectivity index (χ1n) is 10.2. The lowest BCUT2D eigenvalue weighted by atomic mass is 9.88. The third-order valence-electron chi connectivity index (χ3n) is 5.61. The van der Waals surface area contributed by atoms with E-state index in [-0.39, 0.29) is 36.2 Å². The lowest BCUT2D eigenvalue weighted by Crippen LogP contribution is -2.43. The van der Waals surface area contributed by atoms with Gasteiger partial charge >= 0.3 is 0 Å². The third-order valence-corrected chi connectivity index (χ3v) is 6.60. The van der Waals surface area contributed by atoms with E-state index >= 15 is 0 Å². The number of hydrogen-bond acceptors (Lipinski definition) is 4. The van der Waals surface area contributed by atoms with Crippen molar-refractivity contribution in [3.8, 4) is 0 Å². The highest BCUT2D eigenvalue weighted by Gasteiger charge is 2.36. The molecular formula is C23H31FN2O2S. The first-order chi connectivity index (χ1) is 13.9. The van der Waals surface area contributed by atoms with Gasteiger partial charge in [0.15, 0.2) is 0 Å². The Labute approximate surface area is 177 Å². The highest BCUT2D eigenvalue weighted by atomic mass is 32.1. The molecule has 2 aromatic rings. The van der Waals surface area contributed by atoms with Crippen molar-refractivity contribution in [1.29, 1.82) is 0 Å². The minimum absolute atomic E-state index is 0.00724. The van der Waals surface area contributed by atoms with Crippen LogP contribution in [0.4, 0.5) is 4.39 Å². The lowest BCUT2D eigenvalue weighted by molar-refractivity contribution is -0.137. The number of benzene rings is 1. The van der Waals surface area contributed by atoms with E-state index in [9.17, 15) is 9.18 Å². The van der Waals surface area contributed by atoms with Gasteiger partial charge in [0.1, 0.15) is 12.4 Å².